The summed E-state index contributed by atoms with van der Waals surface area (Å²) < 4.78 is 1.42. The first-order valence-corrected chi connectivity index (χ1v) is 15.0. The van der Waals surface area contributed by atoms with Crippen LogP contribution in [0.2, 0.25) is 0 Å². The number of halogens is 2. The molecule has 2 saturated carbocycles. The van der Waals surface area contributed by atoms with E-state index < -0.39 is 0 Å². The third-order valence-electron chi connectivity index (χ3n) is 9.40. The van der Waals surface area contributed by atoms with Gasteiger partial charge in [0.2, 0.25) is 0 Å². The number of benzene rings is 2. The van der Waals surface area contributed by atoms with Gasteiger partial charge in [0.1, 0.15) is 0 Å². The molecule has 0 spiro atoms. The average molecular weight is 622 g/mol. The van der Waals surface area contributed by atoms with Crippen LogP contribution in [0.25, 0.3) is 0 Å². The molecule has 0 nitrogen and oxygen atoms in total. The molecule has 0 saturated heterocycles. The predicted molar refractivity (Wildman–Crippen MR) is 150 cm³/mol. The molecule has 0 N–H and O–H groups in total. The molecule has 0 radical (unpaired) electrons. The van der Waals surface area contributed by atoms with Gasteiger partial charge in [-0.25, -0.2) is 0 Å². The Labute approximate surface area is 257 Å². The quantitative estimate of drug-likeness (QED) is 0.463. The van der Waals surface area contributed by atoms with Crippen LogP contribution in [0.4, 0.5) is 0 Å². The minimum atomic E-state index is 0. The Morgan fingerprint density at radius 2 is 1.37 bits per heavy atom. The summed E-state index contributed by atoms with van der Waals surface area (Å²) >= 11 is 1.46. The van der Waals surface area contributed by atoms with E-state index in [2.05, 4.69) is 119 Å². The second kappa shape index (κ2) is 13.9. The fourth-order valence-electron chi connectivity index (χ4n) is 7.23. The second-order valence-electron chi connectivity index (χ2n) is 11.1. The molecule has 0 bridgehead atoms. The molecule has 3 heteroatoms. The first-order valence-electron chi connectivity index (χ1n) is 13.7. The van der Waals surface area contributed by atoms with Gasteiger partial charge in [0.15, 0.2) is 0 Å². The molecule has 38 heavy (non-hydrogen) atoms. The van der Waals surface area contributed by atoms with Crippen molar-refractivity contribution in [2.75, 3.05) is 0 Å². The van der Waals surface area contributed by atoms with E-state index in [4.69, 9.17) is 0 Å². The van der Waals surface area contributed by atoms with Crippen LogP contribution >= 0.6 is 0 Å². The zero-order chi connectivity index (χ0) is 25.2. The Bertz CT molecular complexity index is 1180. The van der Waals surface area contributed by atoms with E-state index in [1.54, 1.807) is 22.3 Å². The summed E-state index contributed by atoms with van der Waals surface area (Å²) in [5.41, 5.74) is 9.25. The molecule has 198 valence electrons. The molecule has 6 atom stereocenters. The van der Waals surface area contributed by atoms with Crippen LogP contribution in [0, 0.1) is 41.9 Å². The van der Waals surface area contributed by atoms with Gasteiger partial charge in [0.05, 0.1) is 0 Å². The molecule has 0 aromatic heterocycles. The summed E-state index contributed by atoms with van der Waals surface area (Å²) in [5, 5.41) is 0. The summed E-state index contributed by atoms with van der Waals surface area (Å²) in [7, 11) is 0. The molecular weight excluding hydrogens is 583 g/mol. The fraction of sp³-hybridized carbons (Fsp3) is 0.371. The number of fused-ring (bicyclic) bond motifs is 3. The van der Waals surface area contributed by atoms with E-state index in [0.717, 1.165) is 23.7 Å². The van der Waals surface area contributed by atoms with Gasteiger partial charge in [-0.1, -0.05) is 55.1 Å². The van der Waals surface area contributed by atoms with Crippen molar-refractivity contribution < 1.29 is 49.0 Å². The van der Waals surface area contributed by atoms with E-state index >= 15 is 0 Å². The van der Waals surface area contributed by atoms with E-state index in [1.807, 2.05) is 0 Å². The van der Waals surface area contributed by atoms with Crippen molar-refractivity contribution in [3.63, 3.8) is 0 Å². The molecule has 6 unspecified atom stereocenters. The van der Waals surface area contributed by atoms with Crippen LogP contribution in [0.5, 0.6) is 0 Å². The van der Waals surface area contributed by atoms with Gasteiger partial charge in [0, 0.05) is 0 Å². The molecule has 2 aromatic rings. The molecule has 2 aromatic carbocycles. The number of hydrogen-bond acceptors (Lipinski definition) is 0. The summed E-state index contributed by atoms with van der Waals surface area (Å²) in [6.45, 7) is 9.50. The van der Waals surface area contributed by atoms with Gasteiger partial charge in [-0.15, -0.1) is 12.0 Å². The van der Waals surface area contributed by atoms with Gasteiger partial charge in [-0.3, -0.25) is 0 Å². The van der Waals surface area contributed by atoms with Crippen molar-refractivity contribution in [1.82, 2.24) is 0 Å². The molecule has 6 rings (SSSR count). The van der Waals surface area contributed by atoms with E-state index in [-0.39, 0.29) is 24.8 Å². The monoisotopic (exact) mass is 619 g/mol. The first-order chi connectivity index (χ1) is 17.5. The van der Waals surface area contributed by atoms with Crippen molar-refractivity contribution in [3.05, 3.63) is 125 Å². The van der Waals surface area contributed by atoms with Crippen molar-refractivity contribution in [1.29, 1.82) is 0 Å². The average Bonchev–Trinajstić information content (AvgIpc) is 3.40. The SMILES string of the molecule is CC1=C(C)C(C)C(C2CCCC3C4C=CC=CC4[CH-]C23)=C1C.[Cl-].[Cl-].[Zr+2]=[C](c1ccccc1)c1ccccc1. The summed E-state index contributed by atoms with van der Waals surface area (Å²) in [5.74, 6) is 4.65. The van der Waals surface area contributed by atoms with E-state index in [0.29, 0.717) is 11.8 Å². The van der Waals surface area contributed by atoms with Crippen molar-refractivity contribution in [2.45, 2.75) is 47.0 Å². The molecule has 4 aliphatic rings. The topological polar surface area (TPSA) is 0 Å². The number of allylic oxidation sites excluding steroid dienone is 8. The summed E-state index contributed by atoms with van der Waals surface area (Å²) in [6.07, 6.45) is 16.4. The number of hydrogen-bond donors (Lipinski definition) is 0. The van der Waals surface area contributed by atoms with Crippen LogP contribution in [0.1, 0.15) is 58.1 Å². The predicted octanol–water partition coefficient (Wildman–Crippen LogP) is 2.71. The van der Waals surface area contributed by atoms with Crippen LogP contribution in [-0.2, 0) is 24.2 Å². The van der Waals surface area contributed by atoms with Gasteiger partial charge in [-0.05, 0) is 56.1 Å². The zero-order valence-electron chi connectivity index (χ0n) is 23.0. The van der Waals surface area contributed by atoms with Crippen molar-refractivity contribution >= 4 is 3.21 Å². The van der Waals surface area contributed by atoms with Crippen molar-refractivity contribution in [2.24, 2.45) is 35.5 Å². The maximum atomic E-state index is 2.72. The third kappa shape index (κ3) is 6.22. The standard InChI is InChI=1S/C22H29.C13H10.2ClH.Zr/c1-13-14(2)16(4)22(15(13)3)20-11-7-10-19-18-9-6-5-8-17(18)12-21(19)20;1-3-7-12(8-4-1)11-13-9-5-2-6-10-13;;;/h5-6,8-9,12,15,17-21H,7,10-11H2,1-4H3;1-10H;2*1H;/q-1;;;;+2/p-2. The fourth-order valence-corrected chi connectivity index (χ4v) is 8.05. The summed E-state index contributed by atoms with van der Waals surface area (Å²) in [4.78, 5) is 0. The summed E-state index contributed by atoms with van der Waals surface area (Å²) in [6, 6.07) is 21.1. The van der Waals surface area contributed by atoms with Crippen LogP contribution in [0.3, 0.4) is 0 Å². The number of rotatable bonds is 3. The van der Waals surface area contributed by atoms with Crippen LogP contribution in [0.15, 0.2) is 107 Å². The van der Waals surface area contributed by atoms with Gasteiger partial charge < -0.3 is 31.2 Å². The Balaban J connectivity index is 0.000000219. The Kier molecular flexibility index (Phi) is 11.4. The van der Waals surface area contributed by atoms with Gasteiger partial charge in [-0.2, -0.15) is 5.92 Å². The van der Waals surface area contributed by atoms with E-state index in [9.17, 15) is 0 Å². The molecule has 0 aliphatic heterocycles. The second-order valence-corrected chi connectivity index (χ2v) is 12.3. The molecule has 0 amide bonds. The Morgan fingerprint density at radius 1 is 0.789 bits per heavy atom. The molecule has 4 aliphatic carbocycles. The third-order valence-corrected chi connectivity index (χ3v) is 10.8. The van der Waals surface area contributed by atoms with Gasteiger partial charge in [0.25, 0.3) is 0 Å². The van der Waals surface area contributed by atoms with Gasteiger partial charge >= 0.3 is 99.2 Å². The van der Waals surface area contributed by atoms with E-state index in [1.165, 1.54) is 57.8 Å². The minimum absolute atomic E-state index is 0. The molecular formula is C35H39Cl2Zr-. The molecule has 2 fully saturated rings. The van der Waals surface area contributed by atoms with Crippen molar-refractivity contribution in [3.8, 4) is 0 Å². The zero-order valence-corrected chi connectivity index (χ0v) is 27.0. The van der Waals surface area contributed by atoms with Crippen LogP contribution < -0.4 is 24.8 Å². The normalized spacial score (nSPS) is 29.0. The Morgan fingerprint density at radius 3 is 1.92 bits per heavy atom. The maximum absolute atomic E-state index is 2.72. The molecule has 0 heterocycles. The van der Waals surface area contributed by atoms with Crippen LogP contribution in [-0.4, -0.2) is 3.21 Å². The first kappa shape index (κ1) is 31.3. The Hall–Kier alpha value is -1.27.